The number of fused-ring (bicyclic) bond motifs is 4. The van der Waals surface area contributed by atoms with Gasteiger partial charge in [-0.05, 0) is 146 Å². The van der Waals surface area contributed by atoms with E-state index in [1.165, 1.54) is 49.8 Å². The van der Waals surface area contributed by atoms with Crippen molar-refractivity contribution >= 4 is 80.1 Å². The summed E-state index contributed by atoms with van der Waals surface area (Å²) >= 11 is 0. The van der Waals surface area contributed by atoms with Crippen molar-refractivity contribution < 1.29 is 4.74 Å². The van der Waals surface area contributed by atoms with E-state index in [1.54, 1.807) is 0 Å². The van der Waals surface area contributed by atoms with Crippen molar-refractivity contribution in [3.8, 4) is 56.0 Å². The Morgan fingerprint density at radius 1 is 0.373 bits per heavy atom. The van der Waals surface area contributed by atoms with Crippen LogP contribution in [0.25, 0.3) is 44.5 Å². The fourth-order valence-electron chi connectivity index (χ4n) is 12.3. The van der Waals surface area contributed by atoms with E-state index in [9.17, 15) is 0 Å². The van der Waals surface area contributed by atoms with E-state index < -0.39 is 0 Å². The molecule has 3 aliphatic heterocycles. The molecule has 0 saturated carbocycles. The zero-order valence-corrected chi connectivity index (χ0v) is 45.7. The minimum atomic E-state index is -0.168. The van der Waals surface area contributed by atoms with Crippen LogP contribution in [0, 0.1) is 0 Å². The van der Waals surface area contributed by atoms with Crippen molar-refractivity contribution in [1.82, 2.24) is 9.88 Å². The minimum Gasteiger partial charge on any atom is -0.457 e. The van der Waals surface area contributed by atoms with Gasteiger partial charge in [-0.3, -0.25) is 4.90 Å². The molecule has 0 N–H and O–H groups in total. The summed E-state index contributed by atoms with van der Waals surface area (Å²) in [5.41, 5.74) is 22.4. The third kappa shape index (κ3) is 9.22. The first-order valence-corrected chi connectivity index (χ1v) is 28.3. The van der Waals surface area contributed by atoms with Gasteiger partial charge in [-0.25, -0.2) is 4.98 Å². The fraction of sp³-hybridized carbons (Fsp3) is 0.0267. The van der Waals surface area contributed by atoms with Crippen LogP contribution in [0.1, 0.15) is 0 Å². The molecule has 0 bridgehead atoms. The summed E-state index contributed by atoms with van der Waals surface area (Å²) in [6.07, 6.45) is 6.06. The average Bonchev–Trinajstić information content (AvgIpc) is 2.35. The van der Waals surface area contributed by atoms with Gasteiger partial charge in [-0.15, -0.1) is 0 Å². The lowest BCUT2D eigenvalue weighted by Crippen LogP contribution is -2.61. The first-order valence-electron chi connectivity index (χ1n) is 28.3. The summed E-state index contributed by atoms with van der Waals surface area (Å²) in [4.78, 5) is 16.8. The number of aromatic nitrogens is 1. The molecule has 12 aromatic rings. The highest BCUT2D eigenvalue weighted by Gasteiger charge is 2.44. The van der Waals surface area contributed by atoms with Crippen LogP contribution < -0.4 is 40.7 Å². The van der Waals surface area contributed by atoms with Gasteiger partial charge in [0.05, 0.1) is 18.0 Å². The van der Waals surface area contributed by atoms with Crippen LogP contribution in [0.15, 0.2) is 304 Å². The Bertz CT molecular complexity index is 4160. The molecule has 15 rings (SSSR count). The highest BCUT2D eigenvalue weighted by molar-refractivity contribution is 7.00. The van der Waals surface area contributed by atoms with Crippen molar-refractivity contribution in [2.24, 2.45) is 0 Å². The number of nitrogens with zero attached hydrogens (tertiary/aromatic N) is 6. The number of ether oxygens (including phenoxy) is 1. The molecule has 8 heteroatoms. The van der Waals surface area contributed by atoms with Crippen LogP contribution in [-0.2, 0) is 0 Å². The summed E-state index contributed by atoms with van der Waals surface area (Å²) in [6.45, 7) is 0.605. The molecule has 0 fully saturated rings. The quantitative estimate of drug-likeness (QED) is 0.113. The first-order chi connectivity index (χ1) is 41.0. The van der Waals surface area contributed by atoms with Gasteiger partial charge < -0.3 is 24.3 Å². The number of pyridine rings is 1. The van der Waals surface area contributed by atoms with Gasteiger partial charge in [-0.2, -0.15) is 0 Å². The number of hydrogen-bond acceptors (Lipinski definition) is 7. The van der Waals surface area contributed by atoms with E-state index in [4.69, 9.17) is 9.72 Å². The zero-order chi connectivity index (χ0) is 55.2. The molecule has 0 unspecified atom stereocenters. The van der Waals surface area contributed by atoms with Gasteiger partial charge in [0.25, 0.3) is 6.71 Å². The second-order valence-corrected chi connectivity index (χ2v) is 21.4. The van der Waals surface area contributed by atoms with Gasteiger partial charge >= 0.3 is 0 Å². The van der Waals surface area contributed by atoms with Crippen molar-refractivity contribution in [1.29, 1.82) is 0 Å². The third-order valence-electron chi connectivity index (χ3n) is 16.2. The minimum absolute atomic E-state index is 0.168. The number of hydrogen-bond donors (Lipinski definition) is 0. The van der Waals surface area contributed by atoms with E-state index in [0.29, 0.717) is 5.75 Å². The molecule has 0 radical (unpaired) electrons. The number of benzene rings is 11. The topological polar surface area (TPSA) is 38.3 Å². The highest BCUT2D eigenvalue weighted by atomic mass is 16.5. The second kappa shape index (κ2) is 21.0. The Morgan fingerprint density at radius 3 is 1.34 bits per heavy atom. The standard InChI is InChI=1S/C75H55BN6O/c1-78-44-45-79(52-78)63-26-16-28-66(48-63)83-67-29-17-27-64(49-67)80(74-30-14-15-43-77-74)65-50-72-75-73(51-65)82(62-39-33-58(34-40-62)54-20-8-3-9-21-54)71-42-36-60(56-24-12-5-13-25-56)47-69(71)76(75)68-46-59(55-22-10-4-11-23-55)35-41-70(68)81(72)61-37-31-57(32-38-61)53-18-6-2-7-19-53/h2-51H,52H2,1H3. The molecular formula is C75H55BN6O. The largest absolute Gasteiger partial charge is 0.457 e. The molecule has 0 amide bonds. The van der Waals surface area contributed by atoms with Crippen molar-refractivity contribution in [3.05, 3.63) is 304 Å². The molecule has 0 aliphatic carbocycles. The summed E-state index contributed by atoms with van der Waals surface area (Å²) in [5, 5.41) is 0. The Hall–Kier alpha value is -10.8. The molecule has 0 atom stereocenters. The lowest BCUT2D eigenvalue weighted by atomic mass is 9.33. The maximum Gasteiger partial charge on any atom is 0.252 e. The molecule has 3 aliphatic rings. The highest BCUT2D eigenvalue weighted by Crippen LogP contribution is 2.49. The predicted octanol–water partition coefficient (Wildman–Crippen LogP) is 17.3. The maximum absolute atomic E-state index is 6.79. The molecule has 0 saturated heterocycles. The fourth-order valence-corrected chi connectivity index (χ4v) is 12.3. The smallest absolute Gasteiger partial charge is 0.252 e. The third-order valence-corrected chi connectivity index (χ3v) is 16.2. The normalized spacial score (nSPS) is 12.9. The van der Waals surface area contributed by atoms with Crippen LogP contribution in [0.4, 0.5) is 57.0 Å². The van der Waals surface area contributed by atoms with Crippen LogP contribution >= 0.6 is 0 Å². The molecule has 394 valence electrons. The van der Waals surface area contributed by atoms with Crippen LogP contribution in [0.3, 0.4) is 0 Å². The Morgan fingerprint density at radius 2 is 0.843 bits per heavy atom. The number of anilines is 10. The molecule has 11 aromatic carbocycles. The van der Waals surface area contributed by atoms with Gasteiger partial charge in [0.1, 0.15) is 17.3 Å². The second-order valence-electron chi connectivity index (χ2n) is 21.4. The molecule has 7 nitrogen and oxygen atoms in total. The van der Waals surface area contributed by atoms with E-state index >= 15 is 0 Å². The molecule has 1 aromatic heterocycles. The van der Waals surface area contributed by atoms with E-state index in [-0.39, 0.29) is 6.71 Å². The summed E-state index contributed by atoms with van der Waals surface area (Å²) in [6, 6.07) is 103. The molecule has 4 heterocycles. The summed E-state index contributed by atoms with van der Waals surface area (Å²) < 4.78 is 6.79. The Balaban J connectivity index is 0.981. The van der Waals surface area contributed by atoms with Crippen LogP contribution in [0.5, 0.6) is 11.5 Å². The predicted molar refractivity (Wildman–Crippen MR) is 345 cm³/mol. The molecule has 0 spiro atoms. The van der Waals surface area contributed by atoms with Crippen molar-refractivity contribution in [2.45, 2.75) is 0 Å². The maximum atomic E-state index is 6.79. The van der Waals surface area contributed by atoms with Crippen LogP contribution in [0.2, 0.25) is 0 Å². The van der Waals surface area contributed by atoms with Crippen molar-refractivity contribution in [3.63, 3.8) is 0 Å². The van der Waals surface area contributed by atoms with Crippen LogP contribution in [-0.4, -0.2) is 30.3 Å². The SMILES string of the molecule is CN1C=CN(c2cccc(Oc3cccc(N(c4cc5c6c(c4)N(c4ccc(-c7ccccc7)cc4)c4ccc(-c7ccccc7)cc4B6c4cc(-c6ccccc6)ccc4N5c4ccc(-c5ccccc5)cc4)c4ccccn4)c3)c2)C1. The van der Waals surface area contributed by atoms with E-state index in [1.807, 2.05) is 24.4 Å². The van der Waals surface area contributed by atoms with Gasteiger partial charge in [0.2, 0.25) is 0 Å². The summed E-state index contributed by atoms with van der Waals surface area (Å²) in [7, 11) is 2.08. The first kappa shape index (κ1) is 49.2. The Kier molecular flexibility index (Phi) is 12.5. The van der Waals surface area contributed by atoms with E-state index in [0.717, 1.165) is 80.5 Å². The molecular weight excluding hydrogens is 1010 g/mol. The summed E-state index contributed by atoms with van der Waals surface area (Å²) in [5.74, 6) is 2.23. The molecule has 83 heavy (non-hydrogen) atoms. The van der Waals surface area contributed by atoms with E-state index in [2.05, 4.69) is 311 Å². The lowest BCUT2D eigenvalue weighted by molar-refractivity contribution is 0.481. The lowest BCUT2D eigenvalue weighted by Gasteiger charge is -2.45. The average molecular weight is 1070 g/mol. The van der Waals surface area contributed by atoms with Gasteiger partial charge in [-0.1, -0.05) is 188 Å². The van der Waals surface area contributed by atoms with Crippen molar-refractivity contribution in [2.75, 3.05) is 33.3 Å². The Labute approximate surface area is 485 Å². The van der Waals surface area contributed by atoms with Gasteiger partial charge in [0, 0.05) is 77.6 Å². The monoisotopic (exact) mass is 1070 g/mol. The zero-order valence-electron chi connectivity index (χ0n) is 45.7. The van der Waals surface area contributed by atoms with Gasteiger partial charge in [0.15, 0.2) is 0 Å². The number of rotatable bonds is 12.